The van der Waals surface area contributed by atoms with Gasteiger partial charge in [0.15, 0.2) is 0 Å². The third kappa shape index (κ3) is 4.46. The summed E-state index contributed by atoms with van der Waals surface area (Å²) in [5.74, 6) is 0.0652. The molecule has 3 nitrogen and oxygen atoms in total. The Balaban J connectivity index is 2.03. The zero-order valence-electron chi connectivity index (χ0n) is 14.3. The van der Waals surface area contributed by atoms with Crippen molar-refractivity contribution in [2.24, 2.45) is 5.18 Å². The topological polar surface area (TPSA) is 42.3 Å². The number of aryl methyl sites for hydroxylation is 1. The lowest BCUT2D eigenvalue weighted by molar-refractivity contribution is 0.590. The number of nitroso groups, excluding NO2 is 1. The number of benzene rings is 2. The van der Waals surface area contributed by atoms with Gasteiger partial charge in [-0.2, -0.15) is 4.91 Å². The first kappa shape index (κ1) is 18.9. The Morgan fingerprint density at radius 3 is 2.42 bits per heavy atom. The van der Waals surface area contributed by atoms with Crippen LogP contribution >= 0.6 is 31.9 Å². The van der Waals surface area contributed by atoms with Crippen LogP contribution in [-0.2, 0) is 0 Å². The molecule has 3 rings (SSSR count). The predicted octanol–water partition coefficient (Wildman–Crippen LogP) is 6.94. The molecule has 0 N–H and O–H groups in total. The highest BCUT2D eigenvalue weighted by Crippen LogP contribution is 2.38. The Morgan fingerprint density at radius 2 is 1.73 bits per heavy atom. The molecular weight excluding hydrogens is 456 g/mol. The number of nitrogens with zero attached hydrogens (tertiary/aromatic N) is 2. The second-order valence-corrected chi connectivity index (χ2v) is 8.09. The molecule has 2 aromatic carbocycles. The molecular formula is C21H18Br2N2O. The van der Waals surface area contributed by atoms with E-state index in [0.717, 1.165) is 20.1 Å². The molecule has 26 heavy (non-hydrogen) atoms. The lowest BCUT2D eigenvalue weighted by Crippen LogP contribution is -2.08. The van der Waals surface area contributed by atoms with E-state index in [4.69, 9.17) is 0 Å². The fourth-order valence-corrected chi connectivity index (χ4v) is 4.02. The van der Waals surface area contributed by atoms with Crippen LogP contribution in [0.1, 0.15) is 40.6 Å². The summed E-state index contributed by atoms with van der Waals surface area (Å²) in [6, 6.07) is 18.0. The molecule has 0 fully saturated rings. The third-order valence-electron chi connectivity index (χ3n) is 4.51. The summed E-state index contributed by atoms with van der Waals surface area (Å²) < 4.78 is 1.87. The maximum atomic E-state index is 11.7. The lowest BCUT2D eigenvalue weighted by atomic mass is 9.83. The Bertz CT molecular complexity index is 914. The molecule has 3 aromatic rings. The minimum atomic E-state index is -0.469. The first-order valence-corrected chi connectivity index (χ1v) is 9.91. The Hall–Kier alpha value is -1.85. The van der Waals surface area contributed by atoms with Crippen molar-refractivity contribution in [2.45, 2.75) is 25.3 Å². The van der Waals surface area contributed by atoms with Crippen LogP contribution < -0.4 is 0 Å². The zero-order chi connectivity index (χ0) is 18.5. The largest absolute Gasteiger partial charge is 0.263 e. The van der Waals surface area contributed by atoms with Crippen molar-refractivity contribution in [3.63, 3.8) is 0 Å². The number of hydrogen-bond acceptors (Lipinski definition) is 3. The molecule has 0 radical (unpaired) electrons. The highest BCUT2D eigenvalue weighted by molar-refractivity contribution is 9.10. The number of hydrogen-bond donors (Lipinski definition) is 0. The molecule has 2 atom stereocenters. The molecule has 2 unspecified atom stereocenters. The highest BCUT2D eigenvalue weighted by Gasteiger charge is 2.23. The van der Waals surface area contributed by atoms with E-state index in [9.17, 15) is 4.91 Å². The van der Waals surface area contributed by atoms with E-state index < -0.39 is 6.04 Å². The van der Waals surface area contributed by atoms with Gasteiger partial charge in [0.1, 0.15) is 6.04 Å². The molecule has 0 spiro atoms. The van der Waals surface area contributed by atoms with Crippen molar-refractivity contribution < 1.29 is 0 Å². The summed E-state index contributed by atoms with van der Waals surface area (Å²) in [6.07, 6.45) is 4.01. The molecule has 1 aromatic heterocycles. The zero-order valence-corrected chi connectivity index (χ0v) is 17.4. The summed E-state index contributed by atoms with van der Waals surface area (Å²) in [4.78, 5) is 15.8. The van der Waals surface area contributed by atoms with Gasteiger partial charge < -0.3 is 0 Å². The second kappa shape index (κ2) is 8.69. The summed E-state index contributed by atoms with van der Waals surface area (Å²) >= 11 is 6.98. The molecule has 0 bridgehead atoms. The summed E-state index contributed by atoms with van der Waals surface area (Å²) in [5, 5.41) is 3.42. The smallest absolute Gasteiger partial charge is 0.119 e. The minimum Gasteiger partial charge on any atom is -0.263 e. The Morgan fingerprint density at radius 1 is 0.962 bits per heavy atom. The first-order chi connectivity index (χ1) is 12.6. The normalized spacial score (nSPS) is 13.2. The van der Waals surface area contributed by atoms with Gasteiger partial charge in [0.2, 0.25) is 0 Å². The van der Waals surface area contributed by atoms with Crippen molar-refractivity contribution in [2.75, 3.05) is 0 Å². The second-order valence-electron chi connectivity index (χ2n) is 6.26. The average molecular weight is 474 g/mol. The van der Waals surface area contributed by atoms with Crippen molar-refractivity contribution >= 4 is 31.9 Å². The molecule has 0 aliphatic rings. The van der Waals surface area contributed by atoms with Gasteiger partial charge in [0.05, 0.1) is 0 Å². The van der Waals surface area contributed by atoms with Crippen molar-refractivity contribution in [1.29, 1.82) is 0 Å². The summed E-state index contributed by atoms with van der Waals surface area (Å²) in [7, 11) is 0. The quantitative estimate of drug-likeness (QED) is 0.363. The van der Waals surface area contributed by atoms with E-state index in [-0.39, 0.29) is 5.92 Å². The fourth-order valence-electron chi connectivity index (χ4n) is 3.22. The van der Waals surface area contributed by atoms with E-state index in [1.54, 1.807) is 12.4 Å². The summed E-state index contributed by atoms with van der Waals surface area (Å²) in [6.45, 7) is 2.10. The number of aromatic nitrogens is 1. The molecule has 0 aliphatic heterocycles. The van der Waals surface area contributed by atoms with Gasteiger partial charge in [-0.25, -0.2) is 0 Å². The standard InChI is InChI=1S/C21H18Br2N2O/c1-14-5-2-3-8-19(14)20(15-6-4-7-17(22)9-15)11-21(25-26)16-10-18(23)13-24-12-16/h2-10,12-13,20-21H,11H2,1H3. The number of rotatable bonds is 6. The monoisotopic (exact) mass is 472 g/mol. The van der Waals surface area contributed by atoms with Gasteiger partial charge in [0, 0.05) is 27.3 Å². The van der Waals surface area contributed by atoms with Crippen LogP contribution in [0.4, 0.5) is 0 Å². The Labute approximate surface area is 170 Å². The van der Waals surface area contributed by atoms with Crippen LogP contribution in [0.15, 0.2) is 81.1 Å². The van der Waals surface area contributed by atoms with Crippen LogP contribution in [0, 0.1) is 11.8 Å². The lowest BCUT2D eigenvalue weighted by Gasteiger charge is -2.23. The highest BCUT2D eigenvalue weighted by atomic mass is 79.9. The van der Waals surface area contributed by atoms with Gasteiger partial charge in [-0.15, -0.1) is 0 Å². The SMILES string of the molecule is Cc1ccccc1C(CC(N=O)c1cncc(Br)c1)c1cccc(Br)c1. The molecule has 0 saturated carbocycles. The van der Waals surface area contributed by atoms with Crippen LogP contribution in [0.5, 0.6) is 0 Å². The minimum absolute atomic E-state index is 0.0652. The molecule has 0 saturated heterocycles. The number of pyridine rings is 1. The van der Waals surface area contributed by atoms with Crippen LogP contribution in [-0.4, -0.2) is 4.98 Å². The van der Waals surface area contributed by atoms with Crippen molar-refractivity contribution in [3.8, 4) is 0 Å². The van der Waals surface area contributed by atoms with Gasteiger partial charge >= 0.3 is 0 Å². The molecule has 0 amide bonds. The van der Waals surface area contributed by atoms with Crippen LogP contribution in [0.3, 0.4) is 0 Å². The Kier molecular flexibility index (Phi) is 6.33. The third-order valence-corrected chi connectivity index (χ3v) is 5.44. The average Bonchev–Trinajstić information content (AvgIpc) is 2.64. The molecule has 1 heterocycles. The maximum absolute atomic E-state index is 11.7. The first-order valence-electron chi connectivity index (χ1n) is 8.32. The van der Waals surface area contributed by atoms with E-state index >= 15 is 0 Å². The van der Waals surface area contributed by atoms with Gasteiger partial charge in [0.25, 0.3) is 0 Å². The van der Waals surface area contributed by atoms with Gasteiger partial charge in [-0.05, 0) is 69.7 Å². The van der Waals surface area contributed by atoms with E-state index in [1.807, 2.05) is 30.3 Å². The van der Waals surface area contributed by atoms with Crippen LogP contribution in [0.25, 0.3) is 0 Å². The molecule has 132 valence electrons. The number of halogens is 2. The van der Waals surface area contributed by atoms with E-state index in [0.29, 0.717) is 6.42 Å². The predicted molar refractivity (Wildman–Crippen MR) is 112 cm³/mol. The van der Waals surface area contributed by atoms with Gasteiger partial charge in [-0.3, -0.25) is 4.98 Å². The van der Waals surface area contributed by atoms with Crippen LogP contribution in [0.2, 0.25) is 0 Å². The summed E-state index contributed by atoms with van der Waals surface area (Å²) in [5.41, 5.74) is 4.39. The fraction of sp³-hybridized carbons (Fsp3) is 0.190. The van der Waals surface area contributed by atoms with Crippen molar-refractivity contribution in [3.05, 3.63) is 103 Å². The maximum Gasteiger partial charge on any atom is 0.119 e. The van der Waals surface area contributed by atoms with Gasteiger partial charge in [-0.1, -0.05) is 57.5 Å². The molecule has 0 aliphatic carbocycles. The van der Waals surface area contributed by atoms with E-state index in [1.165, 1.54) is 11.1 Å². The van der Waals surface area contributed by atoms with Crippen molar-refractivity contribution in [1.82, 2.24) is 4.98 Å². The molecule has 5 heteroatoms. The van der Waals surface area contributed by atoms with E-state index in [2.05, 4.69) is 73.2 Å².